The van der Waals surface area contributed by atoms with Crippen LogP contribution in [0.4, 0.5) is 0 Å². The van der Waals surface area contributed by atoms with Crippen LogP contribution in [0.3, 0.4) is 0 Å². The second-order valence-corrected chi connectivity index (χ2v) is 9.83. The zero-order chi connectivity index (χ0) is 17.9. The van der Waals surface area contributed by atoms with Crippen molar-refractivity contribution in [1.82, 2.24) is 9.80 Å². The first-order valence-electron chi connectivity index (χ1n) is 10.8. The third-order valence-corrected chi connectivity index (χ3v) is 8.45. The minimum absolute atomic E-state index is 0.0749. The molecule has 3 heterocycles. The van der Waals surface area contributed by atoms with Gasteiger partial charge in [-0.15, -0.1) is 0 Å². The van der Waals surface area contributed by atoms with Gasteiger partial charge in [0.1, 0.15) is 6.10 Å². The Morgan fingerprint density at radius 2 is 1.88 bits per heavy atom. The first-order valence-corrected chi connectivity index (χ1v) is 10.8. The van der Waals surface area contributed by atoms with Crippen molar-refractivity contribution in [2.75, 3.05) is 45.9 Å². The van der Waals surface area contributed by atoms with Crippen LogP contribution in [0.5, 0.6) is 0 Å². The minimum atomic E-state index is 0.0749. The molecule has 6 atom stereocenters. The largest absolute Gasteiger partial charge is 0.462 e. The van der Waals surface area contributed by atoms with Crippen LogP contribution in [-0.2, 0) is 14.3 Å². The molecule has 5 nitrogen and oxygen atoms in total. The highest BCUT2D eigenvalue weighted by Gasteiger charge is 2.65. The fourth-order valence-corrected chi connectivity index (χ4v) is 6.73. The highest BCUT2D eigenvalue weighted by atomic mass is 16.6. The zero-order valence-electron chi connectivity index (χ0n) is 16.4. The van der Waals surface area contributed by atoms with Crippen LogP contribution in [0.25, 0.3) is 0 Å². The Hall–Kier alpha value is -0.650. The molecule has 146 valence electrons. The van der Waals surface area contributed by atoms with Crippen LogP contribution in [0.2, 0.25) is 0 Å². The maximum Gasteiger partial charge on any atom is 0.310 e. The van der Waals surface area contributed by atoms with Gasteiger partial charge in [0, 0.05) is 38.6 Å². The summed E-state index contributed by atoms with van der Waals surface area (Å²) in [5, 5.41) is 0. The fourth-order valence-electron chi connectivity index (χ4n) is 6.73. The lowest BCUT2D eigenvalue weighted by Gasteiger charge is -2.51. The Morgan fingerprint density at radius 3 is 2.58 bits per heavy atom. The molecule has 1 spiro atoms. The van der Waals surface area contributed by atoms with E-state index < -0.39 is 0 Å². The molecule has 0 radical (unpaired) electrons. The summed E-state index contributed by atoms with van der Waals surface area (Å²) in [7, 11) is 0. The van der Waals surface area contributed by atoms with Gasteiger partial charge in [0.25, 0.3) is 0 Å². The van der Waals surface area contributed by atoms with Gasteiger partial charge in [-0.25, -0.2) is 0 Å². The molecular weight excluding hydrogens is 328 g/mol. The van der Waals surface area contributed by atoms with Crippen molar-refractivity contribution in [2.45, 2.75) is 57.7 Å². The molecule has 0 amide bonds. The maximum absolute atomic E-state index is 12.7. The summed E-state index contributed by atoms with van der Waals surface area (Å²) in [4.78, 5) is 17.7. The molecule has 0 aromatic rings. The van der Waals surface area contributed by atoms with E-state index in [4.69, 9.17) is 9.47 Å². The molecule has 3 aliphatic heterocycles. The number of carbonyl (C=O) groups is 1. The third-order valence-electron chi connectivity index (χ3n) is 8.45. The first-order chi connectivity index (χ1) is 12.5. The van der Waals surface area contributed by atoms with E-state index in [1.165, 1.54) is 19.3 Å². The monoisotopic (exact) mass is 362 g/mol. The van der Waals surface area contributed by atoms with Crippen molar-refractivity contribution in [2.24, 2.45) is 23.2 Å². The summed E-state index contributed by atoms with van der Waals surface area (Å²) in [6.45, 7) is 12.1. The predicted molar refractivity (Wildman–Crippen MR) is 98.8 cm³/mol. The van der Waals surface area contributed by atoms with E-state index in [1.54, 1.807) is 0 Å². The third kappa shape index (κ3) is 2.73. The summed E-state index contributed by atoms with van der Waals surface area (Å²) in [6, 6.07) is 0. The van der Waals surface area contributed by atoms with Gasteiger partial charge in [-0.1, -0.05) is 13.8 Å². The number of carbonyl (C=O) groups excluding carboxylic acids is 1. The van der Waals surface area contributed by atoms with Crippen molar-refractivity contribution < 1.29 is 14.3 Å². The molecule has 3 saturated heterocycles. The lowest BCUT2D eigenvalue weighted by molar-refractivity contribution is -0.147. The van der Waals surface area contributed by atoms with Gasteiger partial charge < -0.3 is 14.4 Å². The second-order valence-electron chi connectivity index (χ2n) is 9.83. The number of esters is 1. The highest BCUT2D eigenvalue weighted by molar-refractivity contribution is 5.75. The van der Waals surface area contributed by atoms with Crippen molar-refractivity contribution in [3.05, 3.63) is 0 Å². The van der Waals surface area contributed by atoms with Gasteiger partial charge in [-0.05, 0) is 50.0 Å². The number of fused-ring (bicyclic) bond motifs is 3. The standard InChI is InChI=1S/C21H34N2O3/c1-3-22-7-9-23(10-8-22)13-16-15-11-18-20(2,12-17(15)26-19(16)24)5-4-6-21(18)14-25-21/h15-18H,3-14H2,1-2H3/t15-,16-,17-,18-,20-,21+/m1/s1. The van der Waals surface area contributed by atoms with Crippen molar-refractivity contribution >= 4 is 5.97 Å². The Balaban J connectivity index is 1.30. The second kappa shape index (κ2) is 6.18. The van der Waals surface area contributed by atoms with Crippen LogP contribution < -0.4 is 0 Å². The number of hydrogen-bond donors (Lipinski definition) is 0. The molecule has 5 rings (SSSR count). The average Bonchev–Trinajstić information content (AvgIpc) is 3.33. The van der Waals surface area contributed by atoms with E-state index in [1.807, 2.05) is 0 Å². The number of piperazine rings is 1. The number of rotatable bonds is 3. The van der Waals surface area contributed by atoms with Gasteiger partial charge in [-0.2, -0.15) is 0 Å². The van der Waals surface area contributed by atoms with Crippen molar-refractivity contribution in [3.8, 4) is 0 Å². The van der Waals surface area contributed by atoms with E-state index in [9.17, 15) is 4.79 Å². The van der Waals surface area contributed by atoms with E-state index in [2.05, 4.69) is 23.6 Å². The quantitative estimate of drug-likeness (QED) is 0.569. The summed E-state index contributed by atoms with van der Waals surface area (Å²) in [6.07, 6.45) is 6.10. The van der Waals surface area contributed by atoms with Gasteiger partial charge in [0.15, 0.2) is 0 Å². The van der Waals surface area contributed by atoms with E-state index in [0.717, 1.165) is 58.7 Å². The normalized spacial score (nSPS) is 48.9. The summed E-state index contributed by atoms with van der Waals surface area (Å²) < 4.78 is 12.0. The minimum Gasteiger partial charge on any atom is -0.462 e. The Morgan fingerprint density at radius 1 is 1.15 bits per heavy atom. The lowest BCUT2D eigenvalue weighted by atomic mass is 9.53. The molecule has 5 aliphatic rings. The molecule has 26 heavy (non-hydrogen) atoms. The number of hydrogen-bond acceptors (Lipinski definition) is 5. The molecule has 0 aromatic heterocycles. The van der Waals surface area contributed by atoms with Crippen molar-refractivity contribution in [1.29, 1.82) is 0 Å². The molecule has 0 N–H and O–H groups in total. The smallest absolute Gasteiger partial charge is 0.310 e. The molecule has 0 aromatic carbocycles. The molecule has 5 heteroatoms. The van der Waals surface area contributed by atoms with E-state index in [-0.39, 0.29) is 23.6 Å². The van der Waals surface area contributed by atoms with Gasteiger partial charge >= 0.3 is 5.97 Å². The van der Waals surface area contributed by atoms with E-state index in [0.29, 0.717) is 17.3 Å². The van der Waals surface area contributed by atoms with Gasteiger partial charge in [0.2, 0.25) is 0 Å². The number of epoxide rings is 1. The molecule has 0 unspecified atom stereocenters. The topological polar surface area (TPSA) is 45.3 Å². The zero-order valence-corrected chi connectivity index (χ0v) is 16.4. The van der Waals surface area contributed by atoms with Crippen LogP contribution >= 0.6 is 0 Å². The average molecular weight is 363 g/mol. The van der Waals surface area contributed by atoms with Crippen LogP contribution in [0, 0.1) is 23.2 Å². The van der Waals surface area contributed by atoms with Gasteiger partial charge in [-0.3, -0.25) is 9.69 Å². The van der Waals surface area contributed by atoms with Gasteiger partial charge in [0.05, 0.1) is 18.1 Å². The Labute approximate surface area is 157 Å². The van der Waals surface area contributed by atoms with Crippen LogP contribution in [-0.4, -0.2) is 73.3 Å². The molecule has 5 fully saturated rings. The molecule has 2 saturated carbocycles. The van der Waals surface area contributed by atoms with Crippen molar-refractivity contribution in [3.63, 3.8) is 0 Å². The molecular formula is C21H34N2O3. The SMILES string of the molecule is CCN1CCN(C[C@H]2C(=O)O[C@@H]3C[C@@]4(C)CCC[C@]5(CO5)[C@@H]4C[C@@H]32)CC1. The summed E-state index contributed by atoms with van der Waals surface area (Å²) in [5.41, 5.74) is 0.457. The number of nitrogens with zero attached hydrogens (tertiary/aromatic N) is 2. The number of likely N-dealkylation sites (N-methyl/N-ethyl adjacent to an activating group) is 1. The predicted octanol–water partition coefficient (Wildman–Crippen LogP) is 2.15. The first kappa shape index (κ1) is 17.4. The summed E-state index contributed by atoms with van der Waals surface area (Å²) >= 11 is 0. The molecule has 0 bridgehead atoms. The number of ether oxygens (including phenoxy) is 2. The Bertz CT molecular complexity index is 570. The summed E-state index contributed by atoms with van der Waals surface area (Å²) in [5.74, 6) is 1.18. The van der Waals surface area contributed by atoms with Crippen LogP contribution in [0.1, 0.15) is 46.0 Å². The lowest BCUT2D eigenvalue weighted by Crippen LogP contribution is -2.52. The maximum atomic E-state index is 12.7. The fraction of sp³-hybridized carbons (Fsp3) is 0.952. The van der Waals surface area contributed by atoms with Crippen LogP contribution in [0.15, 0.2) is 0 Å². The Kier molecular flexibility index (Phi) is 4.15. The molecule has 2 aliphatic carbocycles. The highest BCUT2D eigenvalue weighted by Crippen LogP contribution is 2.62. The van der Waals surface area contributed by atoms with E-state index >= 15 is 0 Å².